The smallest absolute Gasteiger partial charge is 0.253 e. The fraction of sp³-hybridized carbons (Fsp3) is 0.174. The topological polar surface area (TPSA) is 38.8 Å². The lowest BCUT2D eigenvalue weighted by Crippen LogP contribution is -2.30. The highest BCUT2D eigenvalue weighted by Gasteiger charge is 2.11. The summed E-state index contributed by atoms with van der Waals surface area (Å²) in [5.74, 6) is 1.50. The number of carbonyl (C=O) groups is 1. The third-order valence-corrected chi connectivity index (χ3v) is 4.13. The molecule has 0 aliphatic carbocycles. The van der Waals surface area contributed by atoms with Crippen molar-refractivity contribution >= 4 is 5.91 Å². The second-order valence-electron chi connectivity index (χ2n) is 6.19. The Hall–Kier alpha value is -3.27. The minimum Gasteiger partial charge on any atom is -0.492 e. The van der Waals surface area contributed by atoms with Gasteiger partial charge in [0, 0.05) is 12.6 Å². The molecule has 3 aromatic carbocycles. The van der Waals surface area contributed by atoms with Crippen molar-refractivity contribution in [3.8, 4) is 11.5 Å². The number of para-hydroxylation sites is 1. The minimum absolute atomic E-state index is 0.0405. The molecule has 4 heteroatoms. The molecule has 0 aliphatic heterocycles. The van der Waals surface area contributed by atoms with E-state index in [1.165, 1.54) is 0 Å². The van der Waals surface area contributed by atoms with Crippen LogP contribution in [0.2, 0.25) is 0 Å². The first-order valence-corrected chi connectivity index (χ1v) is 8.92. The second-order valence-corrected chi connectivity index (χ2v) is 6.19. The van der Waals surface area contributed by atoms with E-state index in [0.29, 0.717) is 25.3 Å². The van der Waals surface area contributed by atoms with Crippen LogP contribution in [0, 0.1) is 0 Å². The maximum Gasteiger partial charge on any atom is 0.253 e. The lowest BCUT2D eigenvalue weighted by Gasteiger charge is -2.18. The van der Waals surface area contributed by atoms with Crippen LogP contribution < -0.4 is 9.47 Å². The van der Waals surface area contributed by atoms with Crippen molar-refractivity contribution < 1.29 is 14.3 Å². The molecule has 0 spiro atoms. The van der Waals surface area contributed by atoms with Crippen LogP contribution >= 0.6 is 0 Å². The summed E-state index contributed by atoms with van der Waals surface area (Å²) in [5.41, 5.74) is 1.74. The van der Waals surface area contributed by atoms with Crippen molar-refractivity contribution in [2.45, 2.75) is 6.61 Å². The number of hydrogen-bond acceptors (Lipinski definition) is 3. The van der Waals surface area contributed by atoms with Crippen LogP contribution in [-0.2, 0) is 6.61 Å². The van der Waals surface area contributed by atoms with Crippen molar-refractivity contribution in [3.63, 3.8) is 0 Å². The van der Waals surface area contributed by atoms with Gasteiger partial charge in [-0.3, -0.25) is 4.79 Å². The van der Waals surface area contributed by atoms with E-state index in [9.17, 15) is 4.79 Å². The monoisotopic (exact) mass is 361 g/mol. The predicted molar refractivity (Wildman–Crippen MR) is 106 cm³/mol. The molecule has 138 valence electrons. The van der Waals surface area contributed by atoms with Gasteiger partial charge < -0.3 is 14.4 Å². The molecule has 27 heavy (non-hydrogen) atoms. The molecule has 3 aromatic rings. The molecule has 0 aliphatic rings. The minimum atomic E-state index is -0.0405. The number of nitrogens with zero attached hydrogens (tertiary/aromatic N) is 1. The average molecular weight is 361 g/mol. The second kappa shape index (κ2) is 9.43. The summed E-state index contributed by atoms with van der Waals surface area (Å²) in [4.78, 5) is 14.2. The van der Waals surface area contributed by atoms with Gasteiger partial charge in [0.15, 0.2) is 0 Å². The zero-order valence-corrected chi connectivity index (χ0v) is 15.4. The normalized spacial score (nSPS) is 10.3. The Kier molecular flexibility index (Phi) is 6.47. The molecule has 0 unspecified atom stereocenters. The molecule has 0 bridgehead atoms. The summed E-state index contributed by atoms with van der Waals surface area (Å²) in [6.07, 6.45) is 0. The number of benzene rings is 3. The molecule has 0 saturated carbocycles. The van der Waals surface area contributed by atoms with Gasteiger partial charge in [-0.2, -0.15) is 0 Å². The summed E-state index contributed by atoms with van der Waals surface area (Å²) in [7, 11) is 1.77. The van der Waals surface area contributed by atoms with Crippen molar-refractivity contribution in [1.29, 1.82) is 0 Å². The van der Waals surface area contributed by atoms with E-state index >= 15 is 0 Å². The summed E-state index contributed by atoms with van der Waals surface area (Å²) in [6, 6.07) is 26.8. The maximum atomic E-state index is 12.5. The molecule has 0 atom stereocenters. The summed E-state index contributed by atoms with van der Waals surface area (Å²) < 4.78 is 11.4. The first-order valence-electron chi connectivity index (χ1n) is 8.92. The zero-order valence-electron chi connectivity index (χ0n) is 15.4. The number of hydrogen-bond donors (Lipinski definition) is 0. The Bertz CT molecular complexity index is 833. The third kappa shape index (κ3) is 5.61. The van der Waals surface area contributed by atoms with Crippen molar-refractivity contribution in [3.05, 3.63) is 96.1 Å². The van der Waals surface area contributed by atoms with E-state index in [-0.39, 0.29) is 5.91 Å². The van der Waals surface area contributed by atoms with E-state index in [1.54, 1.807) is 24.1 Å². The Morgan fingerprint density at radius 1 is 0.778 bits per heavy atom. The highest BCUT2D eigenvalue weighted by Crippen LogP contribution is 2.15. The van der Waals surface area contributed by atoms with E-state index in [0.717, 1.165) is 17.1 Å². The van der Waals surface area contributed by atoms with Gasteiger partial charge in [-0.15, -0.1) is 0 Å². The fourth-order valence-electron chi connectivity index (χ4n) is 2.57. The quantitative estimate of drug-likeness (QED) is 0.596. The van der Waals surface area contributed by atoms with Gasteiger partial charge in [0.05, 0.1) is 6.54 Å². The zero-order chi connectivity index (χ0) is 18.9. The summed E-state index contributed by atoms with van der Waals surface area (Å²) >= 11 is 0. The van der Waals surface area contributed by atoms with Crippen molar-refractivity contribution in [1.82, 2.24) is 4.90 Å². The number of amides is 1. The van der Waals surface area contributed by atoms with E-state index in [1.807, 2.05) is 72.8 Å². The number of ether oxygens (including phenoxy) is 2. The lowest BCUT2D eigenvalue weighted by molar-refractivity contribution is 0.0773. The SMILES string of the molecule is CN(CCOc1ccccc1)C(=O)c1ccc(OCc2ccccc2)cc1. The Labute approximate surface area is 160 Å². The van der Waals surface area contributed by atoms with Crippen LogP contribution in [-0.4, -0.2) is 31.0 Å². The van der Waals surface area contributed by atoms with Crippen LogP contribution in [0.4, 0.5) is 0 Å². The maximum absolute atomic E-state index is 12.5. The molecule has 0 heterocycles. The standard InChI is InChI=1S/C23H23NO3/c1-24(16-17-26-21-10-6-3-7-11-21)23(25)20-12-14-22(15-13-20)27-18-19-8-4-2-5-9-19/h2-15H,16-18H2,1H3. The van der Waals surface area contributed by atoms with Gasteiger partial charge >= 0.3 is 0 Å². The molecule has 0 N–H and O–H groups in total. The first-order chi connectivity index (χ1) is 13.2. The van der Waals surface area contributed by atoms with Crippen LogP contribution in [0.5, 0.6) is 11.5 Å². The highest BCUT2D eigenvalue weighted by atomic mass is 16.5. The van der Waals surface area contributed by atoms with Gasteiger partial charge in [0.25, 0.3) is 5.91 Å². The molecule has 0 radical (unpaired) electrons. The molecule has 0 saturated heterocycles. The molecule has 1 amide bonds. The number of likely N-dealkylation sites (N-methyl/N-ethyl adjacent to an activating group) is 1. The van der Waals surface area contributed by atoms with Gasteiger partial charge in [-0.25, -0.2) is 0 Å². The van der Waals surface area contributed by atoms with Crippen molar-refractivity contribution in [2.75, 3.05) is 20.2 Å². The predicted octanol–water partition coefficient (Wildman–Crippen LogP) is 4.42. The van der Waals surface area contributed by atoms with Crippen molar-refractivity contribution in [2.24, 2.45) is 0 Å². The molecule has 0 aromatic heterocycles. The van der Waals surface area contributed by atoms with Crippen LogP contribution in [0.3, 0.4) is 0 Å². The largest absolute Gasteiger partial charge is 0.492 e. The van der Waals surface area contributed by atoms with Crippen LogP contribution in [0.25, 0.3) is 0 Å². The molecule has 4 nitrogen and oxygen atoms in total. The van der Waals surface area contributed by atoms with Gasteiger partial charge in [0.1, 0.15) is 24.7 Å². The van der Waals surface area contributed by atoms with E-state index in [2.05, 4.69) is 0 Å². The average Bonchev–Trinajstić information content (AvgIpc) is 2.73. The molecule has 0 fully saturated rings. The number of rotatable bonds is 8. The van der Waals surface area contributed by atoms with Crippen LogP contribution in [0.15, 0.2) is 84.9 Å². The summed E-state index contributed by atoms with van der Waals surface area (Å²) in [5, 5.41) is 0. The lowest BCUT2D eigenvalue weighted by atomic mass is 10.2. The molecular formula is C23H23NO3. The third-order valence-electron chi connectivity index (χ3n) is 4.13. The van der Waals surface area contributed by atoms with E-state index < -0.39 is 0 Å². The first kappa shape index (κ1) is 18.5. The van der Waals surface area contributed by atoms with Gasteiger partial charge in [-0.05, 0) is 42.0 Å². The Morgan fingerprint density at radius 3 is 2.04 bits per heavy atom. The number of carbonyl (C=O) groups excluding carboxylic acids is 1. The van der Waals surface area contributed by atoms with E-state index in [4.69, 9.17) is 9.47 Å². The summed E-state index contributed by atoms with van der Waals surface area (Å²) in [6.45, 7) is 1.47. The Balaban J connectivity index is 1.47. The van der Waals surface area contributed by atoms with Crippen LogP contribution in [0.1, 0.15) is 15.9 Å². The molecule has 3 rings (SSSR count). The van der Waals surface area contributed by atoms with Gasteiger partial charge in [-0.1, -0.05) is 48.5 Å². The Morgan fingerprint density at radius 2 is 1.37 bits per heavy atom. The highest BCUT2D eigenvalue weighted by molar-refractivity contribution is 5.94. The fourth-order valence-corrected chi connectivity index (χ4v) is 2.57. The molecular weight excluding hydrogens is 338 g/mol. The van der Waals surface area contributed by atoms with Gasteiger partial charge in [0.2, 0.25) is 0 Å².